The Kier molecular flexibility index (Phi) is 6.29. The SMILES string of the molecule is CC(C)c1ccc2ccc3c(-c4cccc5c4sc4c(B6OC(C)(C)C(C)(C)O6)cccc45)cc(C(C)C)nc3c2n1. The van der Waals surface area contributed by atoms with Crippen molar-refractivity contribution >= 4 is 65.9 Å². The molecule has 0 atom stereocenters. The van der Waals surface area contributed by atoms with Crippen LogP contribution < -0.4 is 5.46 Å². The van der Waals surface area contributed by atoms with Gasteiger partial charge < -0.3 is 9.31 Å². The van der Waals surface area contributed by atoms with Crippen LogP contribution in [0, 0.1) is 0 Å². The first-order chi connectivity index (χ1) is 19.9. The number of hydrogen-bond acceptors (Lipinski definition) is 5. The summed E-state index contributed by atoms with van der Waals surface area (Å²) < 4.78 is 15.5. The molecule has 4 heterocycles. The Morgan fingerprint density at radius 2 is 1.26 bits per heavy atom. The van der Waals surface area contributed by atoms with Crippen LogP contribution in [0.3, 0.4) is 0 Å². The quantitative estimate of drug-likeness (QED) is 0.156. The number of nitrogens with zero attached hydrogens (tertiary/aromatic N) is 2. The van der Waals surface area contributed by atoms with E-state index < -0.39 is 18.3 Å². The van der Waals surface area contributed by atoms with Crippen LogP contribution in [0.1, 0.15) is 78.6 Å². The largest absolute Gasteiger partial charge is 0.496 e. The molecule has 3 aromatic heterocycles. The van der Waals surface area contributed by atoms with E-state index in [1.807, 2.05) is 11.3 Å². The smallest absolute Gasteiger partial charge is 0.399 e. The van der Waals surface area contributed by atoms with Gasteiger partial charge in [-0.25, -0.2) is 0 Å². The Labute approximate surface area is 252 Å². The van der Waals surface area contributed by atoms with Gasteiger partial charge in [-0.2, -0.15) is 0 Å². The van der Waals surface area contributed by atoms with E-state index in [-0.39, 0.29) is 5.92 Å². The molecule has 3 aromatic carbocycles. The molecule has 0 radical (unpaired) electrons. The van der Waals surface area contributed by atoms with Gasteiger partial charge in [0.25, 0.3) is 0 Å². The number of fused-ring (bicyclic) bond motifs is 6. The molecule has 1 aliphatic heterocycles. The van der Waals surface area contributed by atoms with Gasteiger partial charge in [-0.15, -0.1) is 11.3 Å². The van der Waals surface area contributed by atoms with Gasteiger partial charge in [0, 0.05) is 48.0 Å². The summed E-state index contributed by atoms with van der Waals surface area (Å²) in [5.41, 5.74) is 6.87. The summed E-state index contributed by atoms with van der Waals surface area (Å²) in [6, 6.07) is 24.2. The van der Waals surface area contributed by atoms with Gasteiger partial charge in [0.2, 0.25) is 0 Å². The third-order valence-electron chi connectivity index (χ3n) is 9.22. The fraction of sp³-hybridized carbons (Fsp3) is 0.333. The highest BCUT2D eigenvalue weighted by Gasteiger charge is 2.52. The molecule has 6 aromatic rings. The van der Waals surface area contributed by atoms with E-state index >= 15 is 0 Å². The molecule has 0 spiro atoms. The van der Waals surface area contributed by atoms with Crippen molar-refractivity contribution in [2.24, 2.45) is 0 Å². The fourth-order valence-electron chi connectivity index (χ4n) is 5.96. The van der Waals surface area contributed by atoms with Crippen LogP contribution in [-0.4, -0.2) is 28.3 Å². The van der Waals surface area contributed by atoms with E-state index in [2.05, 4.69) is 122 Å². The minimum atomic E-state index is -0.405. The zero-order valence-electron chi connectivity index (χ0n) is 25.7. The zero-order valence-corrected chi connectivity index (χ0v) is 26.5. The number of aromatic nitrogens is 2. The second-order valence-electron chi connectivity index (χ2n) is 13.3. The molecule has 1 saturated heterocycles. The Morgan fingerprint density at radius 1 is 0.643 bits per heavy atom. The van der Waals surface area contributed by atoms with Crippen LogP contribution in [0.15, 0.2) is 66.7 Å². The summed E-state index contributed by atoms with van der Waals surface area (Å²) in [5.74, 6) is 0.635. The molecular weight excluding hydrogens is 535 g/mol. The number of benzene rings is 3. The van der Waals surface area contributed by atoms with Crippen molar-refractivity contribution in [2.45, 2.75) is 78.4 Å². The number of thiophene rings is 1. The van der Waals surface area contributed by atoms with E-state index in [9.17, 15) is 0 Å². The Balaban J connectivity index is 1.49. The predicted octanol–water partition coefficient (Wildman–Crippen LogP) is 9.36. The van der Waals surface area contributed by atoms with E-state index in [1.165, 1.54) is 31.3 Å². The maximum Gasteiger partial charge on any atom is 0.496 e. The lowest BCUT2D eigenvalue weighted by molar-refractivity contribution is 0.00578. The summed E-state index contributed by atoms with van der Waals surface area (Å²) in [6.07, 6.45) is 0. The Bertz CT molecular complexity index is 2010. The molecule has 0 aliphatic carbocycles. The lowest BCUT2D eigenvalue weighted by atomic mass is 9.78. The van der Waals surface area contributed by atoms with Crippen molar-refractivity contribution < 1.29 is 9.31 Å². The van der Waals surface area contributed by atoms with Gasteiger partial charge >= 0.3 is 7.12 Å². The number of hydrogen-bond donors (Lipinski definition) is 0. The minimum absolute atomic E-state index is 0.285. The van der Waals surface area contributed by atoms with Crippen LogP contribution in [-0.2, 0) is 9.31 Å². The fourth-order valence-corrected chi connectivity index (χ4v) is 7.31. The van der Waals surface area contributed by atoms with E-state index in [0.29, 0.717) is 5.92 Å². The first kappa shape index (κ1) is 27.5. The third kappa shape index (κ3) is 4.18. The molecule has 4 nitrogen and oxygen atoms in total. The van der Waals surface area contributed by atoms with Crippen molar-refractivity contribution in [3.8, 4) is 11.1 Å². The average molecular weight is 573 g/mol. The average Bonchev–Trinajstić information content (AvgIpc) is 3.44. The Hall–Kier alpha value is -3.32. The minimum Gasteiger partial charge on any atom is -0.399 e. The molecule has 0 bridgehead atoms. The molecule has 212 valence electrons. The van der Waals surface area contributed by atoms with Crippen molar-refractivity contribution in [2.75, 3.05) is 0 Å². The normalized spacial score (nSPS) is 16.7. The highest BCUT2D eigenvalue weighted by Crippen LogP contribution is 2.44. The Morgan fingerprint density at radius 3 is 1.95 bits per heavy atom. The molecule has 0 N–H and O–H groups in total. The van der Waals surface area contributed by atoms with Crippen LogP contribution >= 0.6 is 11.3 Å². The second kappa shape index (κ2) is 9.60. The lowest BCUT2D eigenvalue weighted by Gasteiger charge is -2.32. The summed E-state index contributed by atoms with van der Waals surface area (Å²) in [7, 11) is -0.405. The predicted molar refractivity (Wildman–Crippen MR) is 179 cm³/mol. The van der Waals surface area contributed by atoms with Gasteiger partial charge in [-0.05, 0) is 62.6 Å². The molecule has 42 heavy (non-hydrogen) atoms. The van der Waals surface area contributed by atoms with Crippen LogP contribution in [0.2, 0.25) is 0 Å². The summed E-state index contributed by atoms with van der Waals surface area (Å²) in [5, 5.41) is 4.75. The van der Waals surface area contributed by atoms with E-state index in [0.717, 1.165) is 38.7 Å². The van der Waals surface area contributed by atoms with Gasteiger partial charge in [-0.1, -0.05) is 82.3 Å². The van der Waals surface area contributed by atoms with Crippen molar-refractivity contribution in [1.82, 2.24) is 9.97 Å². The lowest BCUT2D eigenvalue weighted by Crippen LogP contribution is -2.41. The van der Waals surface area contributed by atoms with Crippen LogP contribution in [0.5, 0.6) is 0 Å². The third-order valence-corrected chi connectivity index (χ3v) is 10.5. The van der Waals surface area contributed by atoms with Gasteiger partial charge in [0.1, 0.15) is 0 Å². The standard InChI is InChI=1S/C36H37BN2O2S/c1-20(2)29-18-16-22-15-17-23-27(19-30(21(3)4)39-32(23)31(22)38-29)26-12-9-11-24-25-13-10-14-28(34(25)42-33(24)26)37-40-35(5,6)36(7,8)41-37/h9-21H,1-8H3. The maximum atomic E-state index is 6.51. The monoisotopic (exact) mass is 572 g/mol. The van der Waals surface area contributed by atoms with E-state index in [4.69, 9.17) is 19.3 Å². The number of pyridine rings is 2. The van der Waals surface area contributed by atoms with E-state index in [1.54, 1.807) is 0 Å². The molecule has 1 fully saturated rings. The van der Waals surface area contributed by atoms with Gasteiger partial charge in [0.15, 0.2) is 0 Å². The van der Waals surface area contributed by atoms with Crippen molar-refractivity contribution in [3.05, 3.63) is 78.1 Å². The summed E-state index contributed by atoms with van der Waals surface area (Å²) in [4.78, 5) is 10.3. The molecule has 7 rings (SSSR count). The van der Waals surface area contributed by atoms with Crippen molar-refractivity contribution in [1.29, 1.82) is 0 Å². The summed E-state index contributed by atoms with van der Waals surface area (Å²) in [6.45, 7) is 17.3. The first-order valence-corrected chi connectivity index (χ1v) is 15.8. The van der Waals surface area contributed by atoms with Crippen LogP contribution in [0.4, 0.5) is 0 Å². The molecule has 0 saturated carbocycles. The highest BCUT2D eigenvalue weighted by atomic mass is 32.1. The van der Waals surface area contributed by atoms with Gasteiger partial charge in [0.05, 0.1) is 22.2 Å². The molecular formula is C36H37BN2O2S. The van der Waals surface area contributed by atoms with Crippen LogP contribution in [0.25, 0.3) is 53.1 Å². The zero-order chi connectivity index (χ0) is 29.6. The van der Waals surface area contributed by atoms with Gasteiger partial charge in [-0.3, -0.25) is 9.97 Å². The maximum absolute atomic E-state index is 6.51. The summed E-state index contributed by atoms with van der Waals surface area (Å²) >= 11 is 1.83. The second-order valence-corrected chi connectivity index (χ2v) is 14.3. The topological polar surface area (TPSA) is 44.2 Å². The molecule has 6 heteroatoms. The highest BCUT2D eigenvalue weighted by molar-refractivity contribution is 7.27. The molecule has 1 aliphatic rings. The molecule has 0 amide bonds. The van der Waals surface area contributed by atoms with Crippen molar-refractivity contribution in [3.63, 3.8) is 0 Å². The number of rotatable bonds is 4. The molecule has 0 unspecified atom stereocenters. The first-order valence-electron chi connectivity index (χ1n) is 15.0.